The summed E-state index contributed by atoms with van der Waals surface area (Å²) in [6.45, 7) is 7.17. The fraction of sp³-hybridized carbons (Fsp3) is 0.500. The van der Waals surface area contributed by atoms with Crippen LogP contribution >= 0.6 is 0 Å². The summed E-state index contributed by atoms with van der Waals surface area (Å²) in [5, 5.41) is 2.89. The summed E-state index contributed by atoms with van der Waals surface area (Å²) in [7, 11) is 0. The summed E-state index contributed by atoms with van der Waals surface area (Å²) >= 11 is 0. The van der Waals surface area contributed by atoms with Crippen molar-refractivity contribution in [2.45, 2.75) is 13.8 Å². The Hall–Kier alpha value is -2.08. The molecule has 1 aliphatic rings. The van der Waals surface area contributed by atoms with Crippen molar-refractivity contribution in [2.75, 3.05) is 44.6 Å². The zero-order chi connectivity index (χ0) is 15.9. The maximum absolute atomic E-state index is 12.2. The van der Waals surface area contributed by atoms with Gasteiger partial charge in [0.05, 0.1) is 18.8 Å². The number of anilines is 1. The molecule has 2 amide bonds. The first-order chi connectivity index (χ1) is 10.6. The molecule has 22 heavy (non-hydrogen) atoms. The van der Waals surface area contributed by atoms with Crippen molar-refractivity contribution in [1.29, 1.82) is 0 Å². The number of piperazine rings is 1. The molecule has 1 aromatic carbocycles. The molecular weight excluding hydrogens is 282 g/mol. The van der Waals surface area contributed by atoms with E-state index in [1.807, 2.05) is 31.2 Å². The summed E-state index contributed by atoms with van der Waals surface area (Å²) in [5.41, 5.74) is 0.691. The Kier molecular flexibility index (Phi) is 5.77. The lowest BCUT2D eigenvalue weighted by atomic mass is 10.2. The molecule has 1 saturated heterocycles. The molecule has 0 aliphatic carbocycles. The van der Waals surface area contributed by atoms with E-state index >= 15 is 0 Å². The highest BCUT2D eigenvalue weighted by molar-refractivity contribution is 5.93. The molecule has 2 rings (SSSR count). The van der Waals surface area contributed by atoms with Crippen LogP contribution in [-0.2, 0) is 9.59 Å². The number of hydrogen-bond donors (Lipinski definition) is 1. The third-order valence-electron chi connectivity index (χ3n) is 3.65. The van der Waals surface area contributed by atoms with Crippen LogP contribution in [0.5, 0.6) is 5.75 Å². The number of rotatable bonds is 5. The highest BCUT2D eigenvalue weighted by Crippen LogP contribution is 2.23. The van der Waals surface area contributed by atoms with Gasteiger partial charge < -0.3 is 15.0 Å². The molecule has 6 nitrogen and oxygen atoms in total. The van der Waals surface area contributed by atoms with Gasteiger partial charge in [0, 0.05) is 33.1 Å². The average molecular weight is 305 g/mol. The van der Waals surface area contributed by atoms with Crippen LogP contribution in [0.2, 0.25) is 0 Å². The Morgan fingerprint density at radius 2 is 1.86 bits per heavy atom. The fourth-order valence-electron chi connectivity index (χ4n) is 2.46. The van der Waals surface area contributed by atoms with Gasteiger partial charge in [0.15, 0.2) is 0 Å². The third kappa shape index (κ3) is 4.46. The van der Waals surface area contributed by atoms with Crippen molar-refractivity contribution in [3.8, 4) is 5.75 Å². The van der Waals surface area contributed by atoms with E-state index in [1.54, 1.807) is 11.8 Å². The minimum absolute atomic E-state index is 0.0663. The number of carbonyl (C=O) groups excluding carboxylic acids is 2. The number of carbonyl (C=O) groups is 2. The highest BCUT2D eigenvalue weighted by Gasteiger charge is 2.20. The normalized spacial score (nSPS) is 15.5. The van der Waals surface area contributed by atoms with Crippen LogP contribution in [-0.4, -0.2) is 60.9 Å². The van der Waals surface area contributed by atoms with Gasteiger partial charge in [0.25, 0.3) is 0 Å². The summed E-state index contributed by atoms with van der Waals surface area (Å²) in [6.07, 6.45) is 0. The van der Waals surface area contributed by atoms with Crippen LogP contribution in [0, 0.1) is 0 Å². The second-order valence-electron chi connectivity index (χ2n) is 5.26. The van der Waals surface area contributed by atoms with E-state index in [4.69, 9.17) is 4.74 Å². The van der Waals surface area contributed by atoms with Crippen LogP contribution in [0.15, 0.2) is 24.3 Å². The molecule has 0 atom stereocenters. The largest absolute Gasteiger partial charge is 0.492 e. The molecule has 1 aromatic rings. The predicted octanol–water partition coefficient (Wildman–Crippen LogP) is 1.19. The van der Waals surface area contributed by atoms with Crippen molar-refractivity contribution in [3.63, 3.8) is 0 Å². The first kappa shape index (κ1) is 16.3. The number of nitrogens with zero attached hydrogens (tertiary/aromatic N) is 2. The number of ether oxygens (including phenoxy) is 1. The quantitative estimate of drug-likeness (QED) is 0.887. The third-order valence-corrected chi connectivity index (χ3v) is 3.65. The minimum atomic E-state index is -0.0663. The molecule has 0 bridgehead atoms. The van der Waals surface area contributed by atoms with Gasteiger partial charge in [-0.15, -0.1) is 0 Å². The summed E-state index contributed by atoms with van der Waals surface area (Å²) < 4.78 is 5.50. The Morgan fingerprint density at radius 3 is 2.50 bits per heavy atom. The molecule has 120 valence electrons. The van der Waals surface area contributed by atoms with E-state index in [-0.39, 0.29) is 11.8 Å². The predicted molar refractivity (Wildman–Crippen MR) is 84.9 cm³/mol. The lowest BCUT2D eigenvalue weighted by Gasteiger charge is -2.33. The molecule has 0 unspecified atom stereocenters. The van der Waals surface area contributed by atoms with Crippen LogP contribution in [0.4, 0.5) is 5.69 Å². The van der Waals surface area contributed by atoms with Gasteiger partial charge in [-0.3, -0.25) is 14.5 Å². The summed E-state index contributed by atoms with van der Waals surface area (Å²) in [4.78, 5) is 27.3. The smallest absolute Gasteiger partial charge is 0.238 e. The van der Waals surface area contributed by atoms with Crippen molar-refractivity contribution in [1.82, 2.24) is 9.80 Å². The van der Waals surface area contributed by atoms with E-state index in [0.717, 1.165) is 13.1 Å². The molecule has 1 aliphatic heterocycles. The molecule has 0 spiro atoms. The second-order valence-corrected chi connectivity index (χ2v) is 5.26. The summed E-state index contributed by atoms with van der Waals surface area (Å²) in [5.74, 6) is 0.706. The SMILES string of the molecule is CCOc1ccccc1NC(=O)CN1CCN(C(C)=O)CC1. The molecular formula is C16H23N3O3. The van der Waals surface area contributed by atoms with Crippen LogP contribution in [0.1, 0.15) is 13.8 Å². The van der Waals surface area contributed by atoms with Crippen molar-refractivity contribution in [2.24, 2.45) is 0 Å². The number of amides is 2. The highest BCUT2D eigenvalue weighted by atomic mass is 16.5. The number of hydrogen-bond acceptors (Lipinski definition) is 4. The van der Waals surface area contributed by atoms with E-state index < -0.39 is 0 Å². The molecule has 0 radical (unpaired) electrons. The fourth-order valence-corrected chi connectivity index (χ4v) is 2.46. The molecule has 1 heterocycles. The first-order valence-corrected chi connectivity index (χ1v) is 7.59. The Bertz CT molecular complexity index is 525. The molecule has 0 saturated carbocycles. The lowest BCUT2D eigenvalue weighted by Crippen LogP contribution is -2.49. The number of benzene rings is 1. The first-order valence-electron chi connectivity index (χ1n) is 7.59. The Morgan fingerprint density at radius 1 is 1.18 bits per heavy atom. The van der Waals surface area contributed by atoms with Crippen molar-refractivity contribution < 1.29 is 14.3 Å². The lowest BCUT2D eigenvalue weighted by molar-refractivity contribution is -0.130. The van der Waals surface area contributed by atoms with Crippen LogP contribution < -0.4 is 10.1 Å². The van der Waals surface area contributed by atoms with Gasteiger partial charge in [-0.05, 0) is 19.1 Å². The van der Waals surface area contributed by atoms with Gasteiger partial charge in [0.1, 0.15) is 5.75 Å². The van der Waals surface area contributed by atoms with Crippen LogP contribution in [0.25, 0.3) is 0 Å². The Labute approximate surface area is 131 Å². The van der Waals surface area contributed by atoms with Crippen molar-refractivity contribution in [3.05, 3.63) is 24.3 Å². The number of para-hydroxylation sites is 2. The Balaban J connectivity index is 1.85. The zero-order valence-corrected chi connectivity index (χ0v) is 13.2. The van der Waals surface area contributed by atoms with E-state index in [2.05, 4.69) is 10.2 Å². The van der Waals surface area contributed by atoms with Gasteiger partial charge in [-0.2, -0.15) is 0 Å². The molecule has 1 fully saturated rings. The maximum Gasteiger partial charge on any atom is 0.238 e. The standard InChI is InChI=1S/C16H23N3O3/c1-3-22-15-7-5-4-6-14(15)17-16(21)12-18-8-10-19(11-9-18)13(2)20/h4-7H,3,8-12H2,1-2H3,(H,17,21). The molecule has 1 N–H and O–H groups in total. The van der Waals surface area contributed by atoms with E-state index in [0.29, 0.717) is 37.7 Å². The monoisotopic (exact) mass is 305 g/mol. The van der Waals surface area contributed by atoms with Gasteiger partial charge in [-0.25, -0.2) is 0 Å². The van der Waals surface area contributed by atoms with Crippen LogP contribution in [0.3, 0.4) is 0 Å². The molecule has 0 aromatic heterocycles. The topological polar surface area (TPSA) is 61.9 Å². The van der Waals surface area contributed by atoms with E-state index in [1.165, 1.54) is 0 Å². The van der Waals surface area contributed by atoms with Gasteiger partial charge in [-0.1, -0.05) is 12.1 Å². The van der Waals surface area contributed by atoms with Gasteiger partial charge in [0.2, 0.25) is 11.8 Å². The number of nitrogens with one attached hydrogen (secondary N) is 1. The van der Waals surface area contributed by atoms with Gasteiger partial charge >= 0.3 is 0 Å². The maximum atomic E-state index is 12.2. The van der Waals surface area contributed by atoms with E-state index in [9.17, 15) is 9.59 Å². The molecule has 6 heteroatoms. The minimum Gasteiger partial charge on any atom is -0.492 e. The van der Waals surface area contributed by atoms with Crippen molar-refractivity contribution >= 4 is 17.5 Å². The average Bonchev–Trinajstić information content (AvgIpc) is 2.50. The second kappa shape index (κ2) is 7.79. The summed E-state index contributed by atoms with van der Waals surface area (Å²) in [6, 6.07) is 7.41. The zero-order valence-electron chi connectivity index (χ0n) is 13.2.